The van der Waals surface area contributed by atoms with E-state index in [2.05, 4.69) is 16.7 Å². The molecule has 1 aliphatic carbocycles. The maximum atomic E-state index is 13.6. The van der Waals surface area contributed by atoms with Crippen LogP contribution in [0.25, 0.3) is 10.8 Å². The van der Waals surface area contributed by atoms with Gasteiger partial charge in [-0.1, -0.05) is 50.1 Å². The van der Waals surface area contributed by atoms with Crippen LogP contribution in [-0.2, 0) is 4.79 Å². The van der Waals surface area contributed by atoms with Gasteiger partial charge in [-0.3, -0.25) is 9.59 Å². The van der Waals surface area contributed by atoms with Crippen molar-refractivity contribution in [1.82, 2.24) is 15.5 Å². The molecule has 2 fully saturated rings. The Morgan fingerprint density at radius 2 is 1.83 bits per heavy atom. The molecule has 5 nitrogen and oxygen atoms in total. The summed E-state index contributed by atoms with van der Waals surface area (Å²) >= 11 is 0. The lowest BCUT2D eigenvalue weighted by Gasteiger charge is -2.33. The van der Waals surface area contributed by atoms with E-state index in [-0.39, 0.29) is 23.9 Å². The average Bonchev–Trinajstić information content (AvgIpc) is 3.15. The summed E-state index contributed by atoms with van der Waals surface area (Å²) in [7, 11) is 0. The first-order valence-electron chi connectivity index (χ1n) is 11.0. The Bertz CT molecular complexity index is 881. The monoisotopic (exact) mass is 393 g/mol. The highest BCUT2D eigenvalue weighted by atomic mass is 16.2. The molecule has 3 atom stereocenters. The number of hydrogen-bond acceptors (Lipinski definition) is 3. The van der Waals surface area contributed by atoms with Crippen molar-refractivity contribution in [2.45, 2.75) is 51.1 Å². The maximum Gasteiger partial charge on any atom is 0.254 e. The number of carbonyl (C=O) groups is 2. The number of carbonyl (C=O) groups excluding carboxylic acids is 2. The number of fused-ring (bicyclic) bond motifs is 2. The second-order valence-electron chi connectivity index (χ2n) is 8.28. The lowest BCUT2D eigenvalue weighted by Crippen LogP contribution is -2.50. The Kier molecular flexibility index (Phi) is 6.14. The highest BCUT2D eigenvalue weighted by Crippen LogP contribution is 2.40. The Hall–Kier alpha value is -2.40. The van der Waals surface area contributed by atoms with Crippen LogP contribution in [-0.4, -0.2) is 48.4 Å². The van der Waals surface area contributed by atoms with E-state index in [1.807, 2.05) is 48.2 Å². The molecule has 1 saturated heterocycles. The molecule has 29 heavy (non-hydrogen) atoms. The van der Waals surface area contributed by atoms with Crippen LogP contribution in [0, 0.1) is 5.92 Å². The molecule has 4 rings (SSSR count). The molecule has 2 aromatic carbocycles. The van der Waals surface area contributed by atoms with E-state index in [4.69, 9.17) is 0 Å². The van der Waals surface area contributed by atoms with Gasteiger partial charge in [0.05, 0.1) is 0 Å². The number of likely N-dealkylation sites (N-methyl/N-ethyl adjacent to an activating group) is 1. The van der Waals surface area contributed by atoms with Crippen molar-refractivity contribution in [3.63, 3.8) is 0 Å². The van der Waals surface area contributed by atoms with Gasteiger partial charge < -0.3 is 15.5 Å². The lowest BCUT2D eigenvalue weighted by atomic mass is 9.84. The summed E-state index contributed by atoms with van der Waals surface area (Å²) in [6.45, 7) is 4.28. The molecule has 2 aliphatic rings. The molecule has 1 aliphatic heterocycles. The minimum atomic E-state index is -0.358. The number of amides is 2. The zero-order valence-corrected chi connectivity index (χ0v) is 17.2. The van der Waals surface area contributed by atoms with Crippen molar-refractivity contribution < 1.29 is 9.59 Å². The van der Waals surface area contributed by atoms with Gasteiger partial charge in [0, 0.05) is 24.7 Å². The highest BCUT2D eigenvalue weighted by molar-refractivity contribution is 6.01. The predicted octanol–water partition coefficient (Wildman–Crippen LogP) is 3.34. The van der Waals surface area contributed by atoms with Crippen LogP contribution in [0.5, 0.6) is 0 Å². The Balaban J connectivity index is 1.57. The van der Waals surface area contributed by atoms with Gasteiger partial charge >= 0.3 is 0 Å². The number of nitrogens with one attached hydrogen (secondary N) is 2. The number of nitrogens with zero attached hydrogens (tertiary/aromatic N) is 1. The molecule has 1 saturated carbocycles. The fraction of sp³-hybridized carbons (Fsp3) is 0.500. The molecule has 154 valence electrons. The van der Waals surface area contributed by atoms with E-state index in [0.717, 1.165) is 49.5 Å². The van der Waals surface area contributed by atoms with Crippen molar-refractivity contribution in [2.75, 3.05) is 19.6 Å². The van der Waals surface area contributed by atoms with Crippen molar-refractivity contribution in [3.8, 4) is 0 Å². The first-order chi connectivity index (χ1) is 14.2. The van der Waals surface area contributed by atoms with E-state index < -0.39 is 0 Å². The minimum absolute atomic E-state index is 0.00279. The average molecular weight is 394 g/mol. The third kappa shape index (κ3) is 4.15. The number of hydrogen-bond donors (Lipinski definition) is 2. The fourth-order valence-electron chi connectivity index (χ4n) is 5.03. The molecule has 0 aromatic heterocycles. The largest absolute Gasteiger partial charge is 0.353 e. The molecule has 0 spiro atoms. The van der Waals surface area contributed by atoms with Crippen molar-refractivity contribution in [3.05, 3.63) is 48.0 Å². The van der Waals surface area contributed by atoms with Crippen LogP contribution in [0.1, 0.15) is 49.4 Å². The molecule has 0 radical (unpaired) electrons. The van der Waals surface area contributed by atoms with Gasteiger partial charge in [-0.15, -0.1) is 0 Å². The van der Waals surface area contributed by atoms with E-state index in [9.17, 15) is 9.59 Å². The zero-order valence-electron chi connectivity index (χ0n) is 17.2. The number of rotatable bonds is 6. The zero-order chi connectivity index (χ0) is 20.2. The van der Waals surface area contributed by atoms with Crippen molar-refractivity contribution in [2.24, 2.45) is 5.92 Å². The molecule has 2 amide bonds. The highest BCUT2D eigenvalue weighted by Gasteiger charge is 2.47. The molecule has 1 heterocycles. The lowest BCUT2D eigenvalue weighted by molar-refractivity contribution is -0.125. The molecular formula is C24H31N3O2. The van der Waals surface area contributed by atoms with Crippen LogP contribution in [0.15, 0.2) is 42.5 Å². The summed E-state index contributed by atoms with van der Waals surface area (Å²) in [5.41, 5.74) is 0.681. The summed E-state index contributed by atoms with van der Waals surface area (Å²) in [4.78, 5) is 28.5. The van der Waals surface area contributed by atoms with Gasteiger partial charge in [0.2, 0.25) is 5.91 Å². The maximum absolute atomic E-state index is 13.6. The van der Waals surface area contributed by atoms with Crippen molar-refractivity contribution >= 4 is 22.6 Å². The molecule has 3 unspecified atom stereocenters. The second-order valence-corrected chi connectivity index (χ2v) is 8.28. The smallest absolute Gasteiger partial charge is 0.254 e. The van der Waals surface area contributed by atoms with Crippen LogP contribution in [0.2, 0.25) is 0 Å². The first-order valence-corrected chi connectivity index (χ1v) is 11.0. The SMILES string of the molecule is CCNCCNC(=O)C1CC2CCCCC2N1C(=O)c1ccc2ccccc2c1. The van der Waals surface area contributed by atoms with Gasteiger partial charge in [0.25, 0.3) is 5.91 Å². The Morgan fingerprint density at radius 3 is 2.66 bits per heavy atom. The fourth-order valence-corrected chi connectivity index (χ4v) is 5.03. The van der Waals surface area contributed by atoms with Gasteiger partial charge in [-0.2, -0.15) is 0 Å². The quantitative estimate of drug-likeness (QED) is 0.740. The summed E-state index contributed by atoms with van der Waals surface area (Å²) in [5.74, 6) is 0.432. The topological polar surface area (TPSA) is 61.4 Å². The molecule has 0 bridgehead atoms. The number of likely N-dealkylation sites (tertiary alicyclic amines) is 1. The van der Waals surface area contributed by atoms with Crippen LogP contribution >= 0.6 is 0 Å². The Labute approximate surface area is 172 Å². The standard InChI is InChI=1S/C24H31N3O2/c1-2-25-13-14-26-23(28)22-16-19-9-5-6-10-21(19)27(22)24(29)20-12-11-17-7-3-4-8-18(17)15-20/h3-4,7-8,11-12,15,19,21-22,25H,2,5-6,9-10,13-14,16H2,1H3,(H,26,28). The summed E-state index contributed by atoms with van der Waals surface area (Å²) in [6.07, 6.45) is 5.25. The minimum Gasteiger partial charge on any atom is -0.353 e. The van der Waals surface area contributed by atoms with Crippen LogP contribution in [0.4, 0.5) is 0 Å². The van der Waals surface area contributed by atoms with Gasteiger partial charge in [0.1, 0.15) is 6.04 Å². The van der Waals surface area contributed by atoms with Gasteiger partial charge in [-0.25, -0.2) is 0 Å². The molecule has 5 heteroatoms. The van der Waals surface area contributed by atoms with E-state index in [1.165, 1.54) is 6.42 Å². The normalized spacial score (nSPS) is 23.8. The Morgan fingerprint density at radius 1 is 1.03 bits per heavy atom. The summed E-state index contributed by atoms with van der Waals surface area (Å²) in [6, 6.07) is 13.8. The number of benzene rings is 2. The van der Waals surface area contributed by atoms with Crippen LogP contribution in [0.3, 0.4) is 0 Å². The summed E-state index contributed by atoms with van der Waals surface area (Å²) < 4.78 is 0. The van der Waals surface area contributed by atoms with Crippen molar-refractivity contribution in [1.29, 1.82) is 0 Å². The van der Waals surface area contributed by atoms with Gasteiger partial charge in [0.15, 0.2) is 0 Å². The predicted molar refractivity (Wildman–Crippen MR) is 116 cm³/mol. The first kappa shape index (κ1) is 19.9. The third-order valence-corrected chi connectivity index (χ3v) is 6.47. The van der Waals surface area contributed by atoms with Crippen LogP contribution < -0.4 is 10.6 Å². The molecular weight excluding hydrogens is 362 g/mol. The van der Waals surface area contributed by atoms with E-state index in [1.54, 1.807) is 0 Å². The van der Waals surface area contributed by atoms with E-state index in [0.29, 0.717) is 18.0 Å². The summed E-state index contributed by atoms with van der Waals surface area (Å²) in [5, 5.41) is 8.45. The molecule has 2 N–H and O–H groups in total. The van der Waals surface area contributed by atoms with Gasteiger partial charge in [-0.05, 0) is 54.6 Å². The van der Waals surface area contributed by atoms with E-state index >= 15 is 0 Å². The third-order valence-electron chi connectivity index (χ3n) is 6.47. The molecule has 2 aromatic rings. The second kappa shape index (κ2) is 8.95.